The van der Waals surface area contributed by atoms with Crippen LogP contribution in [0, 0.1) is 5.82 Å². The van der Waals surface area contributed by atoms with Crippen LogP contribution in [0.3, 0.4) is 0 Å². The smallest absolute Gasteiger partial charge is 0.307 e. The molecule has 2 aromatic rings. The summed E-state index contributed by atoms with van der Waals surface area (Å²) in [5.41, 5.74) is 0.671. The van der Waals surface area contributed by atoms with Gasteiger partial charge in [0.05, 0.1) is 22.2 Å². The summed E-state index contributed by atoms with van der Waals surface area (Å²) in [5, 5.41) is 11.4. The molecule has 2 N–H and O–H groups in total. The van der Waals surface area contributed by atoms with Gasteiger partial charge < -0.3 is 15.2 Å². The van der Waals surface area contributed by atoms with Crippen LogP contribution in [0.15, 0.2) is 30.3 Å². The second kappa shape index (κ2) is 8.18. The molecule has 0 fully saturated rings. The average Bonchev–Trinajstić information content (AvgIpc) is 2.48. The van der Waals surface area contributed by atoms with Crippen LogP contribution in [0.1, 0.15) is 18.1 Å². The first kappa shape index (κ1) is 19.0. The molecule has 0 aliphatic heterocycles. The fraction of sp³-hybridized carbons (Fsp3) is 0.176. The van der Waals surface area contributed by atoms with E-state index in [1.54, 1.807) is 6.07 Å². The van der Waals surface area contributed by atoms with Crippen LogP contribution < -0.4 is 10.1 Å². The predicted molar refractivity (Wildman–Crippen MR) is 92.8 cm³/mol. The lowest BCUT2D eigenvalue weighted by atomic mass is 10.1. The van der Waals surface area contributed by atoms with Crippen molar-refractivity contribution in [3.8, 4) is 5.75 Å². The SMILES string of the molecule is CC(=O)Nc1cccc(COc2c(Cl)cc(CC(=O)O)cc2Cl)c1F. The van der Waals surface area contributed by atoms with E-state index < -0.39 is 17.7 Å². The lowest BCUT2D eigenvalue weighted by Crippen LogP contribution is -2.09. The van der Waals surface area contributed by atoms with Gasteiger partial charge in [-0.3, -0.25) is 9.59 Å². The maximum Gasteiger partial charge on any atom is 0.307 e. The summed E-state index contributed by atoms with van der Waals surface area (Å²) in [4.78, 5) is 21.8. The minimum Gasteiger partial charge on any atom is -0.486 e. The molecule has 0 saturated carbocycles. The number of rotatable bonds is 6. The molecule has 0 aliphatic carbocycles. The minimum absolute atomic E-state index is 0.0441. The van der Waals surface area contributed by atoms with Crippen LogP contribution in [0.2, 0.25) is 10.0 Å². The Morgan fingerprint density at radius 1 is 1.24 bits per heavy atom. The third kappa shape index (κ3) is 5.08. The number of anilines is 1. The average molecular weight is 386 g/mol. The van der Waals surface area contributed by atoms with Crippen molar-refractivity contribution in [1.29, 1.82) is 0 Å². The van der Waals surface area contributed by atoms with Crippen LogP contribution in [0.25, 0.3) is 0 Å². The molecule has 0 radical (unpaired) electrons. The Labute approximate surface area is 153 Å². The highest BCUT2D eigenvalue weighted by Crippen LogP contribution is 2.35. The molecule has 0 aliphatic rings. The van der Waals surface area contributed by atoms with Gasteiger partial charge in [0.15, 0.2) is 11.6 Å². The molecule has 0 bridgehead atoms. The second-order valence-electron chi connectivity index (χ2n) is 5.21. The number of hydrogen-bond donors (Lipinski definition) is 2. The first-order valence-electron chi connectivity index (χ1n) is 7.15. The zero-order valence-corrected chi connectivity index (χ0v) is 14.6. The Bertz CT molecular complexity index is 803. The van der Waals surface area contributed by atoms with Gasteiger partial charge in [-0.1, -0.05) is 35.3 Å². The number of carbonyl (C=O) groups excluding carboxylic acids is 1. The highest BCUT2D eigenvalue weighted by Gasteiger charge is 2.14. The molecule has 0 aromatic heterocycles. The zero-order valence-electron chi connectivity index (χ0n) is 13.1. The van der Waals surface area contributed by atoms with Crippen molar-refractivity contribution in [3.63, 3.8) is 0 Å². The molecular weight excluding hydrogens is 372 g/mol. The van der Waals surface area contributed by atoms with E-state index in [1.807, 2.05) is 0 Å². The molecule has 0 atom stereocenters. The van der Waals surface area contributed by atoms with Gasteiger partial charge in [-0.25, -0.2) is 4.39 Å². The van der Waals surface area contributed by atoms with E-state index >= 15 is 0 Å². The van der Waals surface area contributed by atoms with Crippen LogP contribution in [-0.2, 0) is 22.6 Å². The molecule has 1 amide bonds. The maximum atomic E-state index is 14.3. The monoisotopic (exact) mass is 385 g/mol. The normalized spacial score (nSPS) is 10.4. The van der Waals surface area contributed by atoms with Crippen LogP contribution in [0.5, 0.6) is 5.75 Å². The van der Waals surface area contributed by atoms with Crippen LogP contribution in [-0.4, -0.2) is 17.0 Å². The molecule has 0 heterocycles. The minimum atomic E-state index is -1.02. The molecule has 0 spiro atoms. The summed E-state index contributed by atoms with van der Waals surface area (Å²) >= 11 is 12.1. The number of carbonyl (C=O) groups is 2. The lowest BCUT2D eigenvalue weighted by Gasteiger charge is -2.13. The van der Waals surface area contributed by atoms with Crippen molar-refractivity contribution in [2.75, 3.05) is 5.32 Å². The van der Waals surface area contributed by atoms with Crippen molar-refractivity contribution >= 4 is 40.8 Å². The quantitative estimate of drug-likeness (QED) is 0.777. The topological polar surface area (TPSA) is 75.6 Å². The van der Waals surface area contributed by atoms with Crippen molar-refractivity contribution in [2.24, 2.45) is 0 Å². The Morgan fingerprint density at radius 2 is 1.88 bits per heavy atom. The number of aliphatic carboxylic acids is 1. The maximum absolute atomic E-state index is 14.3. The van der Waals surface area contributed by atoms with Crippen molar-refractivity contribution in [2.45, 2.75) is 20.0 Å². The molecule has 5 nitrogen and oxygen atoms in total. The number of ether oxygens (including phenoxy) is 1. The van der Waals surface area contributed by atoms with Crippen molar-refractivity contribution in [1.82, 2.24) is 0 Å². The van der Waals surface area contributed by atoms with E-state index in [4.69, 9.17) is 33.0 Å². The highest BCUT2D eigenvalue weighted by atomic mass is 35.5. The largest absolute Gasteiger partial charge is 0.486 e. The molecule has 0 saturated heterocycles. The van der Waals surface area contributed by atoms with Gasteiger partial charge in [-0.2, -0.15) is 0 Å². The van der Waals surface area contributed by atoms with Gasteiger partial charge in [0.1, 0.15) is 6.61 Å². The molecule has 132 valence electrons. The summed E-state index contributed by atoms with van der Waals surface area (Å²) in [7, 11) is 0. The lowest BCUT2D eigenvalue weighted by molar-refractivity contribution is -0.136. The number of benzene rings is 2. The van der Waals surface area contributed by atoms with Crippen LogP contribution >= 0.6 is 23.2 Å². The summed E-state index contributed by atoms with van der Waals surface area (Å²) in [5.74, 6) is -1.90. The van der Waals surface area contributed by atoms with Crippen molar-refractivity contribution in [3.05, 3.63) is 57.3 Å². The highest BCUT2D eigenvalue weighted by molar-refractivity contribution is 6.37. The summed E-state index contributed by atoms with van der Waals surface area (Å²) in [6.45, 7) is 1.11. The first-order valence-corrected chi connectivity index (χ1v) is 7.91. The molecule has 0 unspecified atom stereocenters. The Hall–Kier alpha value is -2.31. The van der Waals surface area contributed by atoms with Gasteiger partial charge in [0.25, 0.3) is 0 Å². The number of carboxylic acid groups (broad SMARTS) is 1. The fourth-order valence-electron chi connectivity index (χ4n) is 2.15. The van der Waals surface area contributed by atoms with E-state index in [-0.39, 0.29) is 40.1 Å². The number of hydrogen-bond acceptors (Lipinski definition) is 3. The van der Waals surface area contributed by atoms with Crippen LogP contribution in [0.4, 0.5) is 10.1 Å². The van der Waals surface area contributed by atoms with Gasteiger partial charge in [0.2, 0.25) is 5.91 Å². The summed E-state index contributed by atoms with van der Waals surface area (Å²) < 4.78 is 19.8. The van der Waals surface area contributed by atoms with Gasteiger partial charge in [0, 0.05) is 12.5 Å². The molecule has 2 rings (SSSR count). The number of nitrogens with one attached hydrogen (secondary N) is 1. The van der Waals surface area contributed by atoms with E-state index in [0.29, 0.717) is 5.56 Å². The van der Waals surface area contributed by atoms with Gasteiger partial charge >= 0.3 is 5.97 Å². The molecular formula is C17H14Cl2FNO4. The summed E-state index contributed by atoms with van der Waals surface area (Å²) in [6, 6.07) is 7.37. The third-order valence-corrected chi connectivity index (χ3v) is 3.74. The Balaban J connectivity index is 2.19. The molecule has 25 heavy (non-hydrogen) atoms. The number of amides is 1. The Kier molecular flexibility index (Phi) is 6.22. The number of carboxylic acids is 1. The van der Waals surface area contributed by atoms with E-state index in [9.17, 15) is 14.0 Å². The number of halogens is 3. The first-order chi connectivity index (χ1) is 11.8. The fourth-order valence-corrected chi connectivity index (χ4v) is 2.80. The van der Waals surface area contributed by atoms with Gasteiger partial charge in [-0.05, 0) is 23.8 Å². The summed E-state index contributed by atoms with van der Waals surface area (Å²) in [6.07, 6.45) is -0.229. The third-order valence-electron chi connectivity index (χ3n) is 3.17. The zero-order chi connectivity index (χ0) is 18.6. The standard InChI is InChI=1S/C17H14Cl2FNO4/c1-9(22)21-14-4-2-3-11(16(14)20)8-25-17-12(18)5-10(6-13(17)19)7-15(23)24/h2-6H,7-8H2,1H3,(H,21,22)(H,23,24). The van der Waals surface area contributed by atoms with E-state index in [2.05, 4.69) is 5.32 Å². The second-order valence-corrected chi connectivity index (χ2v) is 6.02. The van der Waals surface area contributed by atoms with E-state index in [1.165, 1.54) is 31.2 Å². The predicted octanol–water partition coefficient (Wildman–Crippen LogP) is 4.30. The van der Waals surface area contributed by atoms with Crippen molar-refractivity contribution < 1.29 is 23.8 Å². The molecule has 2 aromatic carbocycles. The molecule has 8 heteroatoms. The van der Waals surface area contributed by atoms with E-state index in [0.717, 1.165) is 0 Å². The van der Waals surface area contributed by atoms with Gasteiger partial charge in [-0.15, -0.1) is 0 Å². The Morgan fingerprint density at radius 3 is 2.44 bits per heavy atom.